The molecule has 0 amide bonds. The first kappa shape index (κ1) is 15.3. The summed E-state index contributed by atoms with van der Waals surface area (Å²) in [6, 6.07) is 6.87. The summed E-state index contributed by atoms with van der Waals surface area (Å²) >= 11 is 5.61. The number of nitrogens with one attached hydrogen (secondary N) is 1. The molecule has 2 aromatic rings. The van der Waals surface area contributed by atoms with Crippen LogP contribution in [0.4, 0.5) is 5.69 Å². The minimum Gasteiger partial charge on any atom is -0.478 e. The lowest BCUT2D eigenvalue weighted by Crippen LogP contribution is -2.14. The van der Waals surface area contributed by atoms with Crippen molar-refractivity contribution in [3.8, 4) is 0 Å². The summed E-state index contributed by atoms with van der Waals surface area (Å²) in [5.41, 5.74) is 0.794. The Morgan fingerprint density at radius 2 is 2.00 bits per heavy atom. The molecule has 0 aliphatic heterocycles. The van der Waals surface area contributed by atoms with Crippen LogP contribution in [-0.4, -0.2) is 24.5 Å². The van der Waals surface area contributed by atoms with E-state index >= 15 is 0 Å². The lowest BCUT2D eigenvalue weighted by molar-refractivity contribution is 0.0697. The molecule has 6 nitrogen and oxygen atoms in total. The molecule has 1 heterocycles. The molecule has 0 unspecified atom stereocenters. The molecule has 1 aromatic carbocycles. The van der Waals surface area contributed by atoms with E-state index in [0.717, 1.165) is 6.20 Å². The summed E-state index contributed by atoms with van der Waals surface area (Å²) in [5.74, 6) is -1.14. The van der Waals surface area contributed by atoms with Crippen molar-refractivity contribution in [2.45, 2.75) is 11.8 Å². The van der Waals surface area contributed by atoms with Crippen LogP contribution < -0.4 is 4.72 Å². The first-order valence-corrected chi connectivity index (χ1v) is 7.64. The van der Waals surface area contributed by atoms with E-state index in [9.17, 15) is 13.2 Å². The number of aryl methyl sites for hydroxylation is 1. The van der Waals surface area contributed by atoms with Gasteiger partial charge in [-0.2, -0.15) is 0 Å². The van der Waals surface area contributed by atoms with Crippen molar-refractivity contribution in [2.24, 2.45) is 0 Å². The average Bonchev–Trinajstić information content (AvgIpc) is 2.41. The quantitative estimate of drug-likeness (QED) is 0.842. The van der Waals surface area contributed by atoms with Crippen LogP contribution in [0.15, 0.2) is 41.4 Å². The number of rotatable bonds is 4. The Kier molecular flexibility index (Phi) is 4.15. The monoisotopic (exact) mass is 326 g/mol. The molecule has 0 spiro atoms. The van der Waals surface area contributed by atoms with Gasteiger partial charge in [-0.15, -0.1) is 0 Å². The van der Waals surface area contributed by atoms with Gasteiger partial charge in [0.2, 0.25) is 0 Å². The highest BCUT2D eigenvalue weighted by atomic mass is 35.5. The number of hydrogen-bond donors (Lipinski definition) is 2. The van der Waals surface area contributed by atoms with Crippen LogP contribution in [0.25, 0.3) is 0 Å². The second-order valence-corrected chi connectivity index (χ2v) is 6.33. The van der Waals surface area contributed by atoms with Gasteiger partial charge in [0.1, 0.15) is 10.0 Å². The fourth-order valence-corrected chi connectivity index (χ4v) is 2.77. The molecule has 1 aromatic heterocycles. The predicted octanol–water partition coefficient (Wildman–Crippen LogP) is 2.54. The van der Waals surface area contributed by atoms with E-state index < -0.39 is 16.0 Å². The van der Waals surface area contributed by atoms with Crippen molar-refractivity contribution in [3.63, 3.8) is 0 Å². The second-order valence-electron chi connectivity index (χ2n) is 4.26. The van der Waals surface area contributed by atoms with E-state index in [1.165, 1.54) is 30.3 Å². The van der Waals surface area contributed by atoms with Crippen molar-refractivity contribution in [2.75, 3.05) is 4.72 Å². The van der Waals surface area contributed by atoms with E-state index in [-0.39, 0.29) is 21.3 Å². The maximum absolute atomic E-state index is 12.2. The van der Waals surface area contributed by atoms with Crippen molar-refractivity contribution in [1.29, 1.82) is 0 Å². The zero-order chi connectivity index (χ0) is 15.6. The van der Waals surface area contributed by atoms with Gasteiger partial charge in [-0.05, 0) is 36.8 Å². The van der Waals surface area contributed by atoms with Crippen molar-refractivity contribution >= 4 is 33.3 Å². The van der Waals surface area contributed by atoms with Crippen LogP contribution in [0, 0.1) is 6.92 Å². The van der Waals surface area contributed by atoms with Crippen molar-refractivity contribution in [1.82, 2.24) is 4.98 Å². The molecular weight excluding hydrogens is 316 g/mol. The number of nitrogens with zero attached hydrogens (tertiary/aromatic N) is 1. The summed E-state index contributed by atoms with van der Waals surface area (Å²) in [7, 11) is -3.86. The Morgan fingerprint density at radius 1 is 1.29 bits per heavy atom. The maximum atomic E-state index is 12.2. The predicted molar refractivity (Wildman–Crippen MR) is 78.2 cm³/mol. The fraction of sp³-hybridized carbons (Fsp3) is 0.0769. The molecule has 0 saturated heterocycles. The molecule has 110 valence electrons. The van der Waals surface area contributed by atoms with Gasteiger partial charge in [-0.25, -0.2) is 18.2 Å². The zero-order valence-corrected chi connectivity index (χ0v) is 12.4. The molecule has 21 heavy (non-hydrogen) atoms. The number of benzene rings is 1. The number of carboxylic acids is 1. The number of halogens is 1. The second kappa shape index (κ2) is 5.71. The van der Waals surface area contributed by atoms with Gasteiger partial charge < -0.3 is 5.11 Å². The van der Waals surface area contributed by atoms with Gasteiger partial charge in [0.25, 0.3) is 10.0 Å². The third-order valence-corrected chi connectivity index (χ3v) is 4.31. The molecule has 0 fully saturated rings. The Labute approximate surface area is 126 Å². The SMILES string of the molecule is Cc1ccc(C(=O)O)cc1NS(=O)(=O)c1ccc(Cl)nc1. The van der Waals surface area contributed by atoms with Gasteiger partial charge in [0.05, 0.1) is 11.3 Å². The Bertz CT molecular complexity index is 788. The zero-order valence-electron chi connectivity index (χ0n) is 10.9. The minimum absolute atomic E-state index is 0.00692. The van der Waals surface area contributed by atoms with Gasteiger partial charge in [-0.3, -0.25) is 4.72 Å². The lowest BCUT2D eigenvalue weighted by Gasteiger charge is -2.11. The summed E-state index contributed by atoms with van der Waals surface area (Å²) < 4.78 is 26.8. The number of carboxylic acid groups (broad SMARTS) is 1. The molecule has 0 aliphatic rings. The molecule has 0 radical (unpaired) electrons. The maximum Gasteiger partial charge on any atom is 0.335 e. The highest BCUT2D eigenvalue weighted by molar-refractivity contribution is 7.92. The smallest absolute Gasteiger partial charge is 0.335 e. The van der Waals surface area contributed by atoms with Crippen LogP contribution >= 0.6 is 11.6 Å². The molecular formula is C13H11ClN2O4S. The third-order valence-electron chi connectivity index (χ3n) is 2.74. The molecule has 0 atom stereocenters. The Hall–Kier alpha value is -2.12. The van der Waals surface area contributed by atoms with Crippen LogP contribution in [0.3, 0.4) is 0 Å². The normalized spacial score (nSPS) is 11.1. The van der Waals surface area contributed by atoms with Crippen LogP contribution in [-0.2, 0) is 10.0 Å². The number of aromatic nitrogens is 1. The fourth-order valence-electron chi connectivity index (χ4n) is 1.59. The number of pyridine rings is 1. The number of hydrogen-bond acceptors (Lipinski definition) is 4. The van der Waals surface area contributed by atoms with Crippen LogP contribution in [0.2, 0.25) is 5.15 Å². The molecule has 0 bridgehead atoms. The van der Waals surface area contributed by atoms with E-state index in [4.69, 9.17) is 16.7 Å². The number of sulfonamides is 1. The lowest BCUT2D eigenvalue weighted by atomic mass is 10.1. The third kappa shape index (κ3) is 3.50. The molecule has 0 aliphatic carbocycles. The van der Waals surface area contributed by atoms with E-state index in [1.807, 2.05) is 0 Å². The van der Waals surface area contributed by atoms with E-state index in [1.54, 1.807) is 6.92 Å². The summed E-state index contributed by atoms with van der Waals surface area (Å²) in [6.07, 6.45) is 1.13. The summed E-state index contributed by atoms with van der Waals surface area (Å²) in [6.45, 7) is 1.67. The Balaban J connectivity index is 2.38. The minimum atomic E-state index is -3.86. The van der Waals surface area contributed by atoms with E-state index in [0.29, 0.717) is 5.56 Å². The largest absolute Gasteiger partial charge is 0.478 e. The Morgan fingerprint density at radius 3 is 2.57 bits per heavy atom. The average molecular weight is 327 g/mol. The number of carbonyl (C=O) groups is 1. The summed E-state index contributed by atoms with van der Waals surface area (Å²) in [4.78, 5) is 14.6. The molecule has 2 rings (SSSR count). The topological polar surface area (TPSA) is 96.4 Å². The highest BCUT2D eigenvalue weighted by Crippen LogP contribution is 2.21. The van der Waals surface area contributed by atoms with Crippen molar-refractivity contribution in [3.05, 3.63) is 52.8 Å². The molecule has 8 heteroatoms. The first-order chi connectivity index (χ1) is 9.79. The first-order valence-electron chi connectivity index (χ1n) is 5.78. The van der Waals surface area contributed by atoms with Crippen LogP contribution in [0.5, 0.6) is 0 Å². The number of anilines is 1. The molecule has 2 N–H and O–H groups in total. The van der Waals surface area contributed by atoms with E-state index in [2.05, 4.69) is 9.71 Å². The van der Waals surface area contributed by atoms with Crippen molar-refractivity contribution < 1.29 is 18.3 Å². The molecule has 0 saturated carbocycles. The summed E-state index contributed by atoms with van der Waals surface area (Å²) in [5, 5.41) is 9.12. The van der Waals surface area contributed by atoms with Gasteiger partial charge >= 0.3 is 5.97 Å². The highest BCUT2D eigenvalue weighted by Gasteiger charge is 2.17. The standard InChI is InChI=1S/C13H11ClN2O4S/c1-8-2-3-9(13(17)18)6-11(8)16-21(19,20)10-4-5-12(14)15-7-10/h2-7,16H,1H3,(H,17,18). The van der Waals surface area contributed by atoms with Gasteiger partial charge in [-0.1, -0.05) is 17.7 Å². The van der Waals surface area contributed by atoms with Gasteiger partial charge in [0.15, 0.2) is 0 Å². The van der Waals surface area contributed by atoms with Gasteiger partial charge in [0, 0.05) is 6.20 Å². The van der Waals surface area contributed by atoms with Crippen LogP contribution in [0.1, 0.15) is 15.9 Å². The number of aromatic carboxylic acids is 1.